The lowest BCUT2D eigenvalue weighted by molar-refractivity contribution is -0.0893. The predicted octanol–water partition coefficient (Wildman–Crippen LogP) is 0.515. The monoisotopic (exact) mass is 236 g/mol. The molecule has 0 saturated heterocycles. The molecule has 4 nitrogen and oxygen atoms in total. The van der Waals surface area contributed by atoms with Crippen molar-refractivity contribution in [3.05, 3.63) is 18.0 Å². The quantitative estimate of drug-likeness (QED) is 0.747. The Hall–Kier alpha value is -1.07. The summed E-state index contributed by atoms with van der Waals surface area (Å²) in [6.07, 6.45) is 1.62. The molecule has 0 aliphatic rings. The van der Waals surface area contributed by atoms with E-state index < -0.39 is 11.2 Å². The van der Waals surface area contributed by atoms with Crippen LogP contribution in [0.25, 0.3) is 0 Å². The lowest BCUT2D eigenvalue weighted by Crippen LogP contribution is -2.49. The number of aryl methyl sites for hydroxylation is 1. The van der Waals surface area contributed by atoms with Gasteiger partial charge in [0, 0.05) is 17.6 Å². The van der Waals surface area contributed by atoms with Crippen LogP contribution in [0, 0.1) is 6.92 Å². The highest BCUT2D eigenvalue weighted by atomic mass is 16.5. The Morgan fingerprint density at radius 3 is 2.47 bits per heavy atom. The van der Waals surface area contributed by atoms with E-state index in [4.69, 9.17) is 10.4 Å². The Morgan fingerprint density at radius 2 is 1.94 bits per heavy atom. The maximum atomic E-state index is 9.98. The molecule has 0 bridgehead atoms. The number of nitrogens with two attached hydrogens (primary N) is 1. The Bertz CT molecular complexity index is 400. The topological polar surface area (TPSA) is 68.4 Å². The molecule has 94 valence electrons. The predicted molar refractivity (Wildman–Crippen MR) is 71.6 cm³/mol. The van der Waals surface area contributed by atoms with Crippen molar-refractivity contribution in [2.24, 2.45) is 0 Å². The molecule has 0 spiro atoms. The van der Waals surface area contributed by atoms with E-state index >= 15 is 0 Å². The Labute approximate surface area is 103 Å². The highest BCUT2D eigenvalue weighted by molar-refractivity contribution is 6.47. The largest absolute Gasteiger partial charge is 0.427 e. The number of rotatable bonds is 4. The van der Waals surface area contributed by atoms with Crippen LogP contribution in [0.1, 0.15) is 33.4 Å². The van der Waals surface area contributed by atoms with Crippen molar-refractivity contribution in [3.8, 4) is 0 Å². The number of nitrogen functional groups attached to an aromatic ring is 1. The zero-order chi connectivity index (χ0) is 13.3. The van der Waals surface area contributed by atoms with E-state index in [1.165, 1.54) is 0 Å². The molecule has 0 atom stereocenters. The second kappa shape index (κ2) is 4.66. The van der Waals surface area contributed by atoms with Crippen molar-refractivity contribution < 1.29 is 9.76 Å². The molecular formula is C12H21BN2O2. The van der Waals surface area contributed by atoms with Gasteiger partial charge in [-0.15, -0.1) is 0 Å². The first-order chi connectivity index (χ1) is 7.63. The van der Waals surface area contributed by atoms with Gasteiger partial charge in [-0.3, -0.25) is 4.98 Å². The number of nitrogens with zero attached hydrogens (tertiary/aromatic N) is 1. The fourth-order valence-corrected chi connectivity index (χ4v) is 1.18. The molecule has 0 unspecified atom stereocenters. The number of aromatic nitrogens is 1. The molecule has 0 amide bonds. The summed E-state index contributed by atoms with van der Waals surface area (Å²) in [5.74, 6) is 0. The van der Waals surface area contributed by atoms with Gasteiger partial charge in [0.15, 0.2) is 0 Å². The summed E-state index contributed by atoms with van der Waals surface area (Å²) in [5.41, 5.74) is 6.60. The van der Waals surface area contributed by atoms with E-state index in [1.807, 2.05) is 26.8 Å². The summed E-state index contributed by atoms with van der Waals surface area (Å²) >= 11 is 0. The first-order valence-electron chi connectivity index (χ1n) is 5.71. The summed E-state index contributed by atoms with van der Waals surface area (Å²) in [6.45, 7) is 9.11. The van der Waals surface area contributed by atoms with Gasteiger partial charge in [0.25, 0.3) is 0 Å². The summed E-state index contributed by atoms with van der Waals surface area (Å²) in [6, 6.07) is 1.85. The maximum absolute atomic E-state index is 9.98. The number of aliphatic hydroxyl groups is 1. The molecule has 3 N–H and O–H groups in total. The molecule has 1 aromatic rings. The van der Waals surface area contributed by atoms with Gasteiger partial charge in [-0.05, 0) is 46.1 Å². The van der Waals surface area contributed by atoms with E-state index in [0.717, 1.165) is 11.2 Å². The van der Waals surface area contributed by atoms with Gasteiger partial charge in [0.1, 0.15) is 0 Å². The van der Waals surface area contributed by atoms with E-state index in [2.05, 4.69) is 4.98 Å². The van der Waals surface area contributed by atoms with Gasteiger partial charge >= 0.3 is 7.48 Å². The molecule has 0 aliphatic heterocycles. The van der Waals surface area contributed by atoms with Gasteiger partial charge in [-0.2, -0.15) is 0 Å². The molecule has 0 fully saturated rings. The SMILES string of the molecule is Cc1ncc(N)cc1BOC(C)(C)C(C)(C)O. The molecule has 0 aromatic carbocycles. The van der Waals surface area contributed by atoms with Crippen LogP contribution in [0.5, 0.6) is 0 Å². The van der Waals surface area contributed by atoms with Crippen molar-refractivity contribution >= 4 is 18.6 Å². The average molecular weight is 236 g/mol. The molecule has 0 aliphatic carbocycles. The second-order valence-electron chi connectivity index (χ2n) is 5.37. The first kappa shape index (κ1) is 14.0. The molecule has 17 heavy (non-hydrogen) atoms. The van der Waals surface area contributed by atoms with E-state index in [-0.39, 0.29) is 0 Å². The molecule has 0 saturated carbocycles. The first-order valence-corrected chi connectivity index (χ1v) is 5.71. The Kier molecular flexibility index (Phi) is 3.84. The number of anilines is 1. The third-order valence-electron chi connectivity index (χ3n) is 3.27. The summed E-state index contributed by atoms with van der Waals surface area (Å²) < 4.78 is 5.77. The maximum Gasteiger partial charge on any atom is 0.311 e. The molecule has 1 rings (SSSR count). The molecule has 0 radical (unpaired) electrons. The van der Waals surface area contributed by atoms with Crippen LogP contribution < -0.4 is 11.2 Å². The third kappa shape index (κ3) is 3.44. The molecule has 5 heteroatoms. The van der Waals surface area contributed by atoms with E-state index in [9.17, 15) is 5.11 Å². The minimum absolute atomic E-state index is 0.390. The summed E-state index contributed by atoms with van der Waals surface area (Å²) in [7, 11) is 0.390. The number of hydrogen-bond donors (Lipinski definition) is 2. The highest BCUT2D eigenvalue weighted by Gasteiger charge is 2.35. The van der Waals surface area contributed by atoms with Crippen LogP contribution in [0.2, 0.25) is 0 Å². The minimum Gasteiger partial charge on any atom is -0.427 e. The van der Waals surface area contributed by atoms with Crippen LogP contribution in [0.4, 0.5) is 5.69 Å². The number of hydrogen-bond acceptors (Lipinski definition) is 4. The summed E-state index contributed by atoms with van der Waals surface area (Å²) in [5, 5.41) is 9.98. The Morgan fingerprint density at radius 1 is 1.35 bits per heavy atom. The van der Waals surface area contributed by atoms with Gasteiger partial charge in [0.05, 0.1) is 11.2 Å². The van der Waals surface area contributed by atoms with Crippen molar-refractivity contribution in [2.45, 2.75) is 45.8 Å². The van der Waals surface area contributed by atoms with Crippen molar-refractivity contribution in [3.63, 3.8) is 0 Å². The van der Waals surface area contributed by atoms with Crippen molar-refractivity contribution in [1.29, 1.82) is 0 Å². The molecule has 1 aromatic heterocycles. The van der Waals surface area contributed by atoms with Gasteiger partial charge in [-0.25, -0.2) is 0 Å². The van der Waals surface area contributed by atoms with Crippen LogP contribution in [0.3, 0.4) is 0 Å². The molecule has 1 heterocycles. The fourth-order valence-electron chi connectivity index (χ4n) is 1.18. The van der Waals surface area contributed by atoms with Crippen molar-refractivity contribution in [1.82, 2.24) is 4.98 Å². The lowest BCUT2D eigenvalue weighted by atomic mass is 9.82. The fraction of sp³-hybridized carbons (Fsp3) is 0.583. The standard InChI is InChI=1S/C12H21BN2O2/c1-8-10(6-9(14)7-15-8)13-17-12(4,5)11(2,3)16/h6-7,13,16H,14H2,1-5H3. The van der Waals surface area contributed by atoms with Crippen LogP contribution >= 0.6 is 0 Å². The van der Waals surface area contributed by atoms with Crippen molar-refractivity contribution in [2.75, 3.05) is 5.73 Å². The minimum atomic E-state index is -0.908. The number of pyridine rings is 1. The van der Waals surface area contributed by atoms with Gasteiger partial charge in [0.2, 0.25) is 0 Å². The van der Waals surface area contributed by atoms with Gasteiger partial charge in [-0.1, -0.05) is 0 Å². The summed E-state index contributed by atoms with van der Waals surface area (Å²) in [4.78, 5) is 4.17. The van der Waals surface area contributed by atoms with Crippen LogP contribution in [-0.4, -0.2) is 28.8 Å². The zero-order valence-electron chi connectivity index (χ0n) is 11.2. The normalized spacial score (nSPS) is 12.6. The van der Waals surface area contributed by atoms with Crippen LogP contribution in [0.15, 0.2) is 12.3 Å². The third-order valence-corrected chi connectivity index (χ3v) is 3.27. The molecular weight excluding hydrogens is 215 g/mol. The second-order valence-corrected chi connectivity index (χ2v) is 5.37. The lowest BCUT2D eigenvalue weighted by Gasteiger charge is -2.37. The van der Waals surface area contributed by atoms with E-state index in [0.29, 0.717) is 13.2 Å². The zero-order valence-corrected chi connectivity index (χ0v) is 11.2. The smallest absolute Gasteiger partial charge is 0.311 e. The highest BCUT2D eigenvalue weighted by Crippen LogP contribution is 2.24. The van der Waals surface area contributed by atoms with E-state index in [1.54, 1.807) is 20.0 Å². The van der Waals surface area contributed by atoms with Crippen LogP contribution in [-0.2, 0) is 4.65 Å². The van der Waals surface area contributed by atoms with Gasteiger partial charge < -0.3 is 15.5 Å². The average Bonchev–Trinajstić information content (AvgIpc) is 2.18. The Balaban J connectivity index is 2.77.